The molecule has 0 heterocycles. The van der Waals surface area contributed by atoms with Crippen LogP contribution in [0.15, 0.2) is 18.2 Å². The largest absolute Gasteiger partial charge is 0.394 e. The molecular formula is C12H15F2NO3. The summed E-state index contributed by atoms with van der Waals surface area (Å²) in [4.78, 5) is 11.6. The number of carbonyl (C=O) groups excluding carboxylic acids is 1. The Morgan fingerprint density at radius 1 is 1.50 bits per heavy atom. The highest BCUT2D eigenvalue weighted by molar-refractivity contribution is 5.78. The monoisotopic (exact) mass is 259 g/mol. The minimum atomic E-state index is -1.03. The third kappa shape index (κ3) is 4.05. The molecule has 0 spiro atoms. The maximum absolute atomic E-state index is 13.3. The van der Waals surface area contributed by atoms with Crippen molar-refractivity contribution in [2.45, 2.75) is 12.5 Å². The van der Waals surface area contributed by atoms with Crippen molar-refractivity contribution in [3.05, 3.63) is 35.4 Å². The number of benzene rings is 1. The van der Waals surface area contributed by atoms with Crippen molar-refractivity contribution in [2.75, 3.05) is 20.3 Å². The molecule has 6 heteroatoms. The fraction of sp³-hybridized carbons (Fsp3) is 0.417. The molecule has 18 heavy (non-hydrogen) atoms. The Bertz CT molecular complexity index is 412. The van der Waals surface area contributed by atoms with E-state index in [1.54, 1.807) is 0 Å². The van der Waals surface area contributed by atoms with Gasteiger partial charge in [-0.1, -0.05) is 12.1 Å². The lowest BCUT2D eigenvalue weighted by Gasteiger charge is -2.15. The topological polar surface area (TPSA) is 58.6 Å². The van der Waals surface area contributed by atoms with E-state index >= 15 is 0 Å². The number of halogens is 2. The first-order valence-corrected chi connectivity index (χ1v) is 5.40. The van der Waals surface area contributed by atoms with E-state index in [-0.39, 0.29) is 25.2 Å². The molecule has 1 rings (SSSR count). The van der Waals surface area contributed by atoms with Crippen LogP contribution >= 0.6 is 0 Å². The number of carbonyl (C=O) groups is 1. The number of aliphatic hydroxyl groups is 1. The second kappa shape index (κ2) is 7.03. The van der Waals surface area contributed by atoms with Crippen LogP contribution in [0.3, 0.4) is 0 Å². The van der Waals surface area contributed by atoms with Crippen molar-refractivity contribution in [1.82, 2.24) is 5.32 Å². The Kier molecular flexibility index (Phi) is 5.67. The molecule has 1 aromatic rings. The summed E-state index contributed by atoms with van der Waals surface area (Å²) in [7, 11) is 1.43. The summed E-state index contributed by atoms with van der Waals surface area (Å²) in [6.07, 6.45) is -0.288. The van der Waals surface area contributed by atoms with Gasteiger partial charge in [0, 0.05) is 12.7 Å². The van der Waals surface area contributed by atoms with Gasteiger partial charge in [0.1, 0.15) is 0 Å². The Morgan fingerprint density at radius 2 is 2.22 bits per heavy atom. The van der Waals surface area contributed by atoms with Gasteiger partial charge in [0.05, 0.1) is 25.7 Å². The van der Waals surface area contributed by atoms with E-state index in [1.807, 2.05) is 0 Å². The van der Waals surface area contributed by atoms with Crippen LogP contribution < -0.4 is 5.32 Å². The highest BCUT2D eigenvalue weighted by Crippen LogP contribution is 2.11. The summed E-state index contributed by atoms with van der Waals surface area (Å²) in [5.74, 6) is -2.52. The average molecular weight is 259 g/mol. The molecule has 0 bridgehead atoms. The van der Waals surface area contributed by atoms with Crippen molar-refractivity contribution in [1.29, 1.82) is 0 Å². The van der Waals surface area contributed by atoms with Gasteiger partial charge in [-0.25, -0.2) is 8.78 Å². The van der Waals surface area contributed by atoms with Gasteiger partial charge >= 0.3 is 0 Å². The molecule has 1 aromatic carbocycles. The first-order valence-electron chi connectivity index (χ1n) is 5.40. The number of hydrogen-bond acceptors (Lipinski definition) is 3. The van der Waals surface area contributed by atoms with Gasteiger partial charge in [-0.15, -0.1) is 0 Å². The van der Waals surface area contributed by atoms with Crippen LogP contribution in [0.1, 0.15) is 5.56 Å². The predicted octanol–water partition coefficient (Wildman–Crippen LogP) is 0.631. The summed E-state index contributed by atoms with van der Waals surface area (Å²) in [5, 5.41) is 11.4. The lowest BCUT2D eigenvalue weighted by atomic mass is 10.1. The molecule has 1 unspecified atom stereocenters. The summed E-state index contributed by atoms with van der Waals surface area (Å²) in [6.45, 7) is -0.140. The van der Waals surface area contributed by atoms with E-state index in [9.17, 15) is 13.6 Å². The molecular weight excluding hydrogens is 244 g/mol. The number of aliphatic hydroxyl groups excluding tert-OH is 1. The van der Waals surface area contributed by atoms with E-state index in [4.69, 9.17) is 9.84 Å². The van der Waals surface area contributed by atoms with E-state index in [2.05, 4.69) is 5.32 Å². The molecule has 0 aliphatic heterocycles. The quantitative estimate of drug-likeness (QED) is 0.788. The number of hydrogen-bond donors (Lipinski definition) is 2. The maximum atomic E-state index is 13.3. The van der Waals surface area contributed by atoms with Crippen LogP contribution in [0.5, 0.6) is 0 Å². The van der Waals surface area contributed by atoms with Gasteiger partial charge in [-0.05, 0) is 6.07 Å². The zero-order valence-electron chi connectivity index (χ0n) is 9.95. The minimum Gasteiger partial charge on any atom is -0.394 e. The zero-order chi connectivity index (χ0) is 13.5. The Hall–Kier alpha value is -1.53. The molecule has 0 aromatic heterocycles. The van der Waals surface area contributed by atoms with Crippen molar-refractivity contribution in [2.24, 2.45) is 0 Å². The van der Waals surface area contributed by atoms with Gasteiger partial charge in [0.25, 0.3) is 0 Å². The second-order valence-corrected chi connectivity index (χ2v) is 3.79. The van der Waals surface area contributed by atoms with Gasteiger partial charge < -0.3 is 15.2 Å². The molecule has 100 valence electrons. The molecule has 4 nitrogen and oxygen atoms in total. The molecule has 0 aliphatic rings. The van der Waals surface area contributed by atoms with E-state index in [0.29, 0.717) is 0 Å². The average Bonchev–Trinajstić information content (AvgIpc) is 2.34. The third-order valence-corrected chi connectivity index (χ3v) is 2.34. The third-order valence-electron chi connectivity index (χ3n) is 2.34. The van der Waals surface area contributed by atoms with Crippen LogP contribution in [-0.4, -0.2) is 37.4 Å². The highest BCUT2D eigenvalue weighted by Gasteiger charge is 2.14. The van der Waals surface area contributed by atoms with Crippen LogP contribution in [0, 0.1) is 11.6 Å². The van der Waals surface area contributed by atoms with Crippen molar-refractivity contribution >= 4 is 5.91 Å². The lowest BCUT2D eigenvalue weighted by molar-refractivity contribution is -0.121. The fourth-order valence-electron chi connectivity index (χ4n) is 1.48. The van der Waals surface area contributed by atoms with Gasteiger partial charge in [0.2, 0.25) is 5.91 Å². The summed E-state index contributed by atoms with van der Waals surface area (Å²) < 4.78 is 31.0. The number of nitrogens with one attached hydrogen (secondary N) is 1. The first-order chi connectivity index (χ1) is 8.58. The first kappa shape index (κ1) is 14.5. The SMILES string of the molecule is COCC(CO)NC(=O)Cc1cccc(F)c1F. The predicted molar refractivity (Wildman–Crippen MR) is 61.0 cm³/mol. The summed E-state index contributed by atoms with van der Waals surface area (Å²) >= 11 is 0. The smallest absolute Gasteiger partial charge is 0.224 e. The van der Waals surface area contributed by atoms with Crippen molar-refractivity contribution in [3.63, 3.8) is 0 Å². The molecule has 0 aliphatic carbocycles. The van der Waals surface area contributed by atoms with Gasteiger partial charge in [-0.3, -0.25) is 4.79 Å². The number of rotatable bonds is 6. The standard InChI is InChI=1S/C12H15F2NO3/c1-18-7-9(6-16)15-11(17)5-8-3-2-4-10(13)12(8)14/h2-4,9,16H,5-7H2,1H3,(H,15,17). The number of methoxy groups -OCH3 is 1. The van der Waals surface area contributed by atoms with E-state index < -0.39 is 23.6 Å². The van der Waals surface area contributed by atoms with Gasteiger partial charge in [0.15, 0.2) is 11.6 Å². The fourth-order valence-corrected chi connectivity index (χ4v) is 1.48. The summed E-state index contributed by atoms with van der Waals surface area (Å²) in [6, 6.07) is 3.10. The normalized spacial score (nSPS) is 12.2. The number of ether oxygens (including phenoxy) is 1. The highest BCUT2D eigenvalue weighted by atomic mass is 19.2. The van der Waals surface area contributed by atoms with Crippen molar-refractivity contribution < 1.29 is 23.4 Å². The molecule has 0 fully saturated rings. The summed E-state index contributed by atoms with van der Waals surface area (Å²) in [5.41, 5.74) is -0.0263. The zero-order valence-corrected chi connectivity index (χ0v) is 9.95. The van der Waals surface area contributed by atoms with Crippen molar-refractivity contribution in [3.8, 4) is 0 Å². The van der Waals surface area contributed by atoms with E-state index in [1.165, 1.54) is 19.2 Å². The maximum Gasteiger partial charge on any atom is 0.224 e. The van der Waals surface area contributed by atoms with Gasteiger partial charge in [-0.2, -0.15) is 0 Å². The Balaban J connectivity index is 2.61. The lowest BCUT2D eigenvalue weighted by Crippen LogP contribution is -2.41. The Labute approximate surface area is 104 Å². The second-order valence-electron chi connectivity index (χ2n) is 3.79. The molecule has 0 saturated carbocycles. The molecule has 1 atom stereocenters. The number of amides is 1. The Morgan fingerprint density at radius 3 is 2.83 bits per heavy atom. The van der Waals surface area contributed by atoms with Crippen LogP contribution in [0.4, 0.5) is 8.78 Å². The van der Waals surface area contributed by atoms with Crippen LogP contribution in [-0.2, 0) is 16.0 Å². The van der Waals surface area contributed by atoms with Crippen LogP contribution in [0.25, 0.3) is 0 Å². The van der Waals surface area contributed by atoms with E-state index in [0.717, 1.165) is 6.07 Å². The molecule has 0 saturated heterocycles. The minimum absolute atomic E-state index is 0.0263. The molecule has 0 radical (unpaired) electrons. The van der Waals surface area contributed by atoms with Crippen LogP contribution in [0.2, 0.25) is 0 Å². The molecule has 1 amide bonds. The molecule has 2 N–H and O–H groups in total.